The van der Waals surface area contributed by atoms with Gasteiger partial charge in [-0.2, -0.15) is 5.10 Å². The molecule has 0 aliphatic heterocycles. The van der Waals surface area contributed by atoms with Crippen molar-refractivity contribution < 1.29 is 18.9 Å². The third-order valence-electron chi connectivity index (χ3n) is 4.59. The van der Waals surface area contributed by atoms with Crippen LogP contribution in [0.15, 0.2) is 65.8 Å². The molecule has 6 nitrogen and oxygen atoms in total. The van der Waals surface area contributed by atoms with E-state index in [-0.39, 0.29) is 0 Å². The zero-order valence-corrected chi connectivity index (χ0v) is 19.2. The summed E-state index contributed by atoms with van der Waals surface area (Å²) in [5, 5.41) is 4.76. The van der Waals surface area contributed by atoms with Gasteiger partial charge in [-0.1, -0.05) is 48.0 Å². The van der Waals surface area contributed by atoms with Crippen molar-refractivity contribution >= 4 is 17.8 Å². The highest BCUT2D eigenvalue weighted by Gasteiger charge is 2.12. The molecule has 168 valence electrons. The van der Waals surface area contributed by atoms with Crippen molar-refractivity contribution in [2.24, 2.45) is 5.10 Å². The number of rotatable bonds is 11. The minimum atomic E-state index is 0.404. The SMILES string of the molecule is CCOc1cc(/C=N\NCc2ccc(OC)c(OC)c2)cc(Cl)c1OCc1ccccc1. The van der Waals surface area contributed by atoms with Crippen molar-refractivity contribution in [3.63, 3.8) is 0 Å². The molecule has 3 rings (SSSR count). The highest BCUT2D eigenvalue weighted by Crippen LogP contribution is 2.37. The smallest absolute Gasteiger partial charge is 0.180 e. The third-order valence-corrected chi connectivity index (χ3v) is 4.87. The molecule has 0 radical (unpaired) electrons. The lowest BCUT2D eigenvalue weighted by molar-refractivity contribution is 0.269. The fourth-order valence-electron chi connectivity index (χ4n) is 3.04. The zero-order chi connectivity index (χ0) is 22.8. The van der Waals surface area contributed by atoms with Gasteiger partial charge >= 0.3 is 0 Å². The first-order chi connectivity index (χ1) is 15.6. The van der Waals surface area contributed by atoms with Gasteiger partial charge in [-0.05, 0) is 47.9 Å². The lowest BCUT2D eigenvalue weighted by Gasteiger charge is -2.14. The molecule has 0 atom stereocenters. The fourth-order valence-corrected chi connectivity index (χ4v) is 3.32. The molecule has 0 saturated carbocycles. The van der Waals surface area contributed by atoms with Crippen LogP contribution in [0, 0.1) is 0 Å². The van der Waals surface area contributed by atoms with Crippen molar-refractivity contribution in [3.8, 4) is 23.0 Å². The van der Waals surface area contributed by atoms with Crippen LogP contribution in [-0.4, -0.2) is 27.0 Å². The van der Waals surface area contributed by atoms with Gasteiger partial charge in [0, 0.05) is 0 Å². The molecular weight excluding hydrogens is 428 g/mol. The number of hydrogen-bond donors (Lipinski definition) is 1. The summed E-state index contributed by atoms with van der Waals surface area (Å²) in [5.74, 6) is 2.47. The lowest BCUT2D eigenvalue weighted by atomic mass is 10.2. The van der Waals surface area contributed by atoms with Crippen LogP contribution < -0.4 is 24.4 Å². The van der Waals surface area contributed by atoms with Crippen LogP contribution in [0.25, 0.3) is 0 Å². The van der Waals surface area contributed by atoms with Gasteiger partial charge in [-0.25, -0.2) is 0 Å². The van der Waals surface area contributed by atoms with Crippen molar-refractivity contribution in [2.75, 3.05) is 20.8 Å². The number of hydrazone groups is 1. The molecule has 0 fully saturated rings. The second-order valence-electron chi connectivity index (χ2n) is 6.82. The minimum Gasteiger partial charge on any atom is -0.493 e. The van der Waals surface area contributed by atoms with Gasteiger partial charge in [0.2, 0.25) is 0 Å². The van der Waals surface area contributed by atoms with Gasteiger partial charge in [-0.3, -0.25) is 0 Å². The number of ether oxygens (including phenoxy) is 4. The maximum atomic E-state index is 6.49. The molecule has 1 N–H and O–H groups in total. The van der Waals surface area contributed by atoms with E-state index in [2.05, 4.69) is 10.5 Å². The molecule has 3 aromatic rings. The Kier molecular flexibility index (Phi) is 8.63. The molecule has 0 aromatic heterocycles. The predicted octanol–water partition coefficient (Wildman–Crippen LogP) is 5.46. The van der Waals surface area contributed by atoms with Crippen LogP contribution in [0.5, 0.6) is 23.0 Å². The van der Waals surface area contributed by atoms with Crippen LogP contribution >= 0.6 is 11.6 Å². The maximum absolute atomic E-state index is 6.49. The van der Waals surface area contributed by atoms with Crippen LogP contribution in [0.4, 0.5) is 0 Å². The predicted molar refractivity (Wildman–Crippen MR) is 127 cm³/mol. The highest BCUT2D eigenvalue weighted by molar-refractivity contribution is 6.32. The van der Waals surface area contributed by atoms with Crippen LogP contribution in [0.1, 0.15) is 23.6 Å². The van der Waals surface area contributed by atoms with Gasteiger partial charge in [-0.15, -0.1) is 0 Å². The molecule has 0 unspecified atom stereocenters. The molecule has 0 spiro atoms. The number of halogens is 1. The second kappa shape index (κ2) is 11.9. The number of nitrogens with one attached hydrogen (secondary N) is 1. The number of benzene rings is 3. The summed E-state index contributed by atoms with van der Waals surface area (Å²) in [6.45, 7) is 3.35. The Bertz CT molecular complexity index is 1040. The van der Waals surface area contributed by atoms with Gasteiger partial charge in [0.25, 0.3) is 0 Å². The molecule has 3 aromatic carbocycles. The van der Waals surface area contributed by atoms with Crippen LogP contribution in [-0.2, 0) is 13.2 Å². The standard InChI is InChI=1S/C25H27ClN2O4/c1-4-31-24-14-20(12-21(26)25(24)32-17-18-8-6-5-7-9-18)16-28-27-15-19-10-11-22(29-2)23(13-19)30-3/h5-14,16,27H,4,15,17H2,1-3H3/b28-16-. The van der Waals surface area contributed by atoms with E-state index in [1.807, 2.05) is 61.5 Å². The van der Waals surface area contributed by atoms with E-state index >= 15 is 0 Å². The average Bonchev–Trinajstić information content (AvgIpc) is 2.82. The monoisotopic (exact) mass is 454 g/mol. The fraction of sp³-hybridized carbons (Fsp3) is 0.240. The summed E-state index contributed by atoms with van der Waals surface area (Å²) in [6.07, 6.45) is 1.69. The summed E-state index contributed by atoms with van der Waals surface area (Å²) in [5.41, 5.74) is 5.89. The Labute approximate surface area is 193 Å². The Morgan fingerprint density at radius 2 is 1.66 bits per heavy atom. The Morgan fingerprint density at radius 3 is 2.38 bits per heavy atom. The first-order valence-electron chi connectivity index (χ1n) is 10.2. The molecule has 0 aliphatic carbocycles. The van der Waals surface area contributed by atoms with E-state index in [0.29, 0.717) is 47.8 Å². The zero-order valence-electron chi connectivity index (χ0n) is 18.4. The van der Waals surface area contributed by atoms with E-state index in [4.69, 9.17) is 30.5 Å². The van der Waals surface area contributed by atoms with E-state index in [1.165, 1.54) is 0 Å². The van der Waals surface area contributed by atoms with Gasteiger partial charge < -0.3 is 24.4 Å². The van der Waals surface area contributed by atoms with Crippen molar-refractivity contribution in [2.45, 2.75) is 20.1 Å². The van der Waals surface area contributed by atoms with Gasteiger partial charge in [0.15, 0.2) is 23.0 Å². The van der Waals surface area contributed by atoms with Crippen molar-refractivity contribution in [1.29, 1.82) is 0 Å². The summed E-state index contributed by atoms with van der Waals surface area (Å²) < 4.78 is 22.3. The molecule has 0 bridgehead atoms. The van der Waals surface area contributed by atoms with Gasteiger partial charge in [0.05, 0.1) is 38.6 Å². The third kappa shape index (κ3) is 6.31. The van der Waals surface area contributed by atoms with Crippen LogP contribution in [0.2, 0.25) is 5.02 Å². The molecule has 0 aliphatic rings. The summed E-state index contributed by atoms with van der Waals surface area (Å²) in [4.78, 5) is 0. The number of nitrogens with zero attached hydrogens (tertiary/aromatic N) is 1. The van der Waals surface area contributed by atoms with Crippen molar-refractivity contribution in [1.82, 2.24) is 5.43 Å². The molecule has 7 heteroatoms. The quantitative estimate of drug-likeness (QED) is 0.308. The highest BCUT2D eigenvalue weighted by atomic mass is 35.5. The summed E-state index contributed by atoms with van der Waals surface area (Å²) >= 11 is 6.49. The molecule has 0 heterocycles. The Morgan fingerprint density at radius 1 is 0.875 bits per heavy atom. The number of hydrogen-bond acceptors (Lipinski definition) is 6. The Hall–Kier alpha value is -3.38. The molecule has 0 saturated heterocycles. The lowest BCUT2D eigenvalue weighted by Crippen LogP contribution is -2.06. The van der Waals surface area contributed by atoms with E-state index < -0.39 is 0 Å². The normalized spacial score (nSPS) is 10.8. The topological polar surface area (TPSA) is 61.3 Å². The van der Waals surface area contributed by atoms with Gasteiger partial charge in [0.1, 0.15) is 6.61 Å². The number of methoxy groups -OCH3 is 2. The Balaban J connectivity index is 1.66. The first kappa shape index (κ1) is 23.3. The molecular formula is C25H27ClN2O4. The van der Waals surface area contributed by atoms with Crippen LogP contribution in [0.3, 0.4) is 0 Å². The molecule has 0 amide bonds. The summed E-state index contributed by atoms with van der Waals surface area (Å²) in [7, 11) is 3.22. The minimum absolute atomic E-state index is 0.404. The average molecular weight is 455 g/mol. The van der Waals surface area contributed by atoms with E-state index in [0.717, 1.165) is 16.7 Å². The van der Waals surface area contributed by atoms with E-state index in [1.54, 1.807) is 26.5 Å². The van der Waals surface area contributed by atoms with E-state index in [9.17, 15) is 0 Å². The van der Waals surface area contributed by atoms with Crippen molar-refractivity contribution in [3.05, 3.63) is 82.4 Å². The maximum Gasteiger partial charge on any atom is 0.180 e. The molecule has 32 heavy (non-hydrogen) atoms. The first-order valence-corrected chi connectivity index (χ1v) is 10.6. The summed E-state index contributed by atoms with van der Waals surface area (Å²) in [6, 6.07) is 19.3. The largest absolute Gasteiger partial charge is 0.493 e. The second-order valence-corrected chi connectivity index (χ2v) is 7.23.